The van der Waals surface area contributed by atoms with Crippen LogP contribution in [-0.4, -0.2) is 24.2 Å². The Morgan fingerprint density at radius 2 is 1.92 bits per heavy atom. The minimum absolute atomic E-state index is 0.150. The maximum atomic E-state index is 13.1. The van der Waals surface area contributed by atoms with Crippen LogP contribution in [0.3, 0.4) is 0 Å². The van der Waals surface area contributed by atoms with Gasteiger partial charge in [0.05, 0.1) is 17.9 Å². The van der Waals surface area contributed by atoms with Gasteiger partial charge in [0.2, 0.25) is 5.91 Å². The van der Waals surface area contributed by atoms with Crippen LogP contribution < -0.4 is 15.4 Å². The molecular formula is C30H33N3O3S2. The first-order valence-electron chi connectivity index (χ1n) is 12.7. The zero-order valence-electron chi connectivity index (χ0n) is 22.4. The van der Waals surface area contributed by atoms with Gasteiger partial charge in [0.15, 0.2) is 0 Å². The largest absolute Gasteiger partial charge is 0.497 e. The van der Waals surface area contributed by atoms with Gasteiger partial charge in [-0.1, -0.05) is 32.9 Å². The van der Waals surface area contributed by atoms with Crippen LogP contribution >= 0.6 is 23.1 Å². The fourth-order valence-electron chi connectivity index (χ4n) is 4.62. The van der Waals surface area contributed by atoms with Gasteiger partial charge in [-0.15, -0.1) is 23.1 Å². The van der Waals surface area contributed by atoms with Crippen molar-refractivity contribution in [3.05, 3.63) is 70.1 Å². The molecule has 2 atom stereocenters. The number of methoxy groups -OCH3 is 1. The van der Waals surface area contributed by atoms with Crippen LogP contribution in [0, 0.1) is 22.7 Å². The van der Waals surface area contributed by atoms with Crippen molar-refractivity contribution < 1.29 is 14.3 Å². The molecule has 38 heavy (non-hydrogen) atoms. The number of hydrogen-bond acceptors (Lipinski definition) is 6. The summed E-state index contributed by atoms with van der Waals surface area (Å²) in [4.78, 5) is 27.9. The number of thiophene rings is 1. The van der Waals surface area contributed by atoms with Crippen molar-refractivity contribution in [3.8, 4) is 11.8 Å². The van der Waals surface area contributed by atoms with Crippen LogP contribution in [0.5, 0.6) is 5.75 Å². The number of carbonyl (C=O) groups excluding carboxylic acids is 2. The number of rotatable bonds is 7. The van der Waals surface area contributed by atoms with Crippen LogP contribution in [0.15, 0.2) is 53.4 Å². The second-order valence-corrected chi connectivity index (χ2v) is 13.1. The number of nitrogens with zero attached hydrogens (tertiary/aromatic N) is 1. The minimum atomic E-state index is -0.396. The molecule has 0 radical (unpaired) electrons. The fourth-order valence-corrected chi connectivity index (χ4v) is 6.82. The van der Waals surface area contributed by atoms with Crippen LogP contribution in [0.2, 0.25) is 0 Å². The van der Waals surface area contributed by atoms with E-state index in [1.165, 1.54) is 16.6 Å². The lowest BCUT2D eigenvalue weighted by Crippen LogP contribution is -2.26. The molecule has 2 amide bonds. The summed E-state index contributed by atoms with van der Waals surface area (Å²) < 4.78 is 5.20. The monoisotopic (exact) mass is 547 g/mol. The zero-order chi connectivity index (χ0) is 27.4. The van der Waals surface area contributed by atoms with Gasteiger partial charge < -0.3 is 15.4 Å². The van der Waals surface area contributed by atoms with Crippen molar-refractivity contribution in [2.45, 2.75) is 57.1 Å². The summed E-state index contributed by atoms with van der Waals surface area (Å²) in [6.45, 7) is 8.64. The standard InChI is InChI=1S/C30H33N3O3S2/c1-18(27(34)33-29-25(17-31)24-13-12-20(30(2,3)4)15-26(24)38-29)37-23-11-7-9-21(16-23)32-28(35)19-8-6-10-22(14-19)36-5/h6-11,14,16,18,20H,12-13,15H2,1-5H3,(H,32,35)(H,33,34). The molecule has 0 saturated carbocycles. The third kappa shape index (κ3) is 6.40. The van der Waals surface area contributed by atoms with Gasteiger partial charge >= 0.3 is 0 Å². The van der Waals surface area contributed by atoms with Gasteiger partial charge in [-0.3, -0.25) is 9.59 Å². The number of ether oxygens (including phenoxy) is 1. The molecule has 6 nitrogen and oxygen atoms in total. The van der Waals surface area contributed by atoms with Crippen molar-refractivity contribution in [1.82, 2.24) is 0 Å². The number of carbonyl (C=O) groups is 2. The number of hydrogen-bond donors (Lipinski definition) is 2. The highest BCUT2D eigenvalue weighted by Crippen LogP contribution is 2.44. The molecule has 198 valence electrons. The summed E-state index contributed by atoms with van der Waals surface area (Å²) in [5, 5.41) is 16.0. The van der Waals surface area contributed by atoms with E-state index >= 15 is 0 Å². The summed E-state index contributed by atoms with van der Waals surface area (Å²) >= 11 is 2.95. The van der Waals surface area contributed by atoms with E-state index in [4.69, 9.17) is 4.74 Å². The molecule has 2 aromatic carbocycles. The molecular weight excluding hydrogens is 514 g/mol. The van der Waals surface area contributed by atoms with Gasteiger partial charge in [-0.25, -0.2) is 0 Å². The number of benzene rings is 2. The van der Waals surface area contributed by atoms with Crippen molar-refractivity contribution in [2.75, 3.05) is 17.7 Å². The molecule has 0 spiro atoms. The number of nitriles is 1. The average molecular weight is 548 g/mol. The average Bonchev–Trinajstić information content (AvgIpc) is 3.24. The van der Waals surface area contributed by atoms with Crippen LogP contribution in [0.25, 0.3) is 0 Å². The quantitative estimate of drug-likeness (QED) is 0.307. The van der Waals surface area contributed by atoms with Crippen molar-refractivity contribution in [2.24, 2.45) is 11.3 Å². The van der Waals surface area contributed by atoms with Gasteiger partial charge in [-0.2, -0.15) is 5.26 Å². The van der Waals surface area contributed by atoms with Gasteiger partial charge in [-0.05, 0) is 79.5 Å². The molecule has 1 aliphatic carbocycles. The van der Waals surface area contributed by atoms with Crippen molar-refractivity contribution in [3.63, 3.8) is 0 Å². The second kappa shape index (κ2) is 11.6. The molecule has 2 unspecified atom stereocenters. The van der Waals surface area contributed by atoms with E-state index in [1.807, 2.05) is 31.2 Å². The number of nitrogens with one attached hydrogen (secondary N) is 2. The SMILES string of the molecule is COc1cccc(C(=O)Nc2cccc(SC(C)C(=O)Nc3sc4c(c3C#N)CCC(C(C)(C)C)C4)c2)c1. The highest BCUT2D eigenvalue weighted by Gasteiger charge is 2.32. The maximum absolute atomic E-state index is 13.1. The summed E-state index contributed by atoms with van der Waals surface area (Å²) in [6, 6.07) is 16.7. The summed E-state index contributed by atoms with van der Waals surface area (Å²) in [6.07, 6.45) is 2.89. The van der Waals surface area contributed by atoms with Crippen molar-refractivity contribution >= 4 is 45.6 Å². The Morgan fingerprint density at radius 3 is 2.63 bits per heavy atom. The Hall–Kier alpha value is -3.28. The minimum Gasteiger partial charge on any atom is -0.497 e. The van der Waals surface area contributed by atoms with Gasteiger partial charge in [0, 0.05) is 21.0 Å². The first-order chi connectivity index (χ1) is 18.1. The van der Waals surface area contributed by atoms with Crippen molar-refractivity contribution in [1.29, 1.82) is 5.26 Å². The van der Waals surface area contributed by atoms with Crippen LogP contribution in [0.1, 0.15) is 60.5 Å². The molecule has 1 aromatic heterocycles. The molecule has 8 heteroatoms. The second-order valence-electron chi connectivity index (χ2n) is 10.6. The molecule has 3 aromatic rings. The lowest BCUT2D eigenvalue weighted by molar-refractivity contribution is -0.115. The van der Waals surface area contributed by atoms with Gasteiger partial charge in [0.25, 0.3) is 5.91 Å². The maximum Gasteiger partial charge on any atom is 0.255 e. The van der Waals surface area contributed by atoms with E-state index in [9.17, 15) is 14.9 Å². The number of thioether (sulfide) groups is 1. The number of amides is 2. The van der Waals surface area contributed by atoms with E-state index in [2.05, 4.69) is 37.5 Å². The molecule has 1 heterocycles. The molecule has 0 fully saturated rings. The van der Waals surface area contributed by atoms with E-state index in [0.29, 0.717) is 33.5 Å². The first kappa shape index (κ1) is 27.7. The summed E-state index contributed by atoms with van der Waals surface area (Å²) in [5.41, 5.74) is 3.07. The lowest BCUT2D eigenvalue weighted by atomic mass is 9.72. The smallest absolute Gasteiger partial charge is 0.255 e. The predicted molar refractivity (Wildman–Crippen MR) is 155 cm³/mol. The molecule has 0 aliphatic heterocycles. The highest BCUT2D eigenvalue weighted by molar-refractivity contribution is 8.00. The number of fused-ring (bicyclic) bond motifs is 1. The normalized spacial score (nSPS) is 15.6. The Morgan fingerprint density at radius 1 is 1.16 bits per heavy atom. The van der Waals surface area contributed by atoms with E-state index in [-0.39, 0.29) is 17.2 Å². The molecule has 1 aliphatic rings. The number of anilines is 2. The third-order valence-electron chi connectivity index (χ3n) is 6.94. The topological polar surface area (TPSA) is 91.2 Å². The summed E-state index contributed by atoms with van der Waals surface area (Å²) in [5.74, 6) is 0.788. The Kier molecular flexibility index (Phi) is 8.49. The van der Waals surface area contributed by atoms with E-state index in [0.717, 1.165) is 29.7 Å². The van der Waals surface area contributed by atoms with E-state index < -0.39 is 5.25 Å². The summed E-state index contributed by atoms with van der Waals surface area (Å²) in [7, 11) is 1.56. The zero-order valence-corrected chi connectivity index (χ0v) is 24.0. The Bertz CT molecular complexity index is 1380. The Labute approximate surface area is 232 Å². The van der Waals surface area contributed by atoms with Gasteiger partial charge in [0.1, 0.15) is 16.8 Å². The molecule has 0 bridgehead atoms. The third-order valence-corrected chi connectivity index (χ3v) is 9.21. The molecule has 4 rings (SSSR count). The van der Waals surface area contributed by atoms with E-state index in [1.54, 1.807) is 42.7 Å². The highest BCUT2D eigenvalue weighted by atomic mass is 32.2. The Balaban J connectivity index is 1.41. The lowest BCUT2D eigenvalue weighted by Gasteiger charge is -2.33. The van der Waals surface area contributed by atoms with Crippen LogP contribution in [0.4, 0.5) is 10.7 Å². The first-order valence-corrected chi connectivity index (χ1v) is 14.4. The fraction of sp³-hybridized carbons (Fsp3) is 0.367. The molecule has 2 N–H and O–H groups in total. The molecule has 0 saturated heterocycles. The van der Waals surface area contributed by atoms with Crippen LogP contribution in [-0.2, 0) is 17.6 Å². The predicted octanol–water partition coefficient (Wildman–Crippen LogP) is 7.15.